The van der Waals surface area contributed by atoms with Gasteiger partial charge in [0.25, 0.3) is 0 Å². The molecule has 0 saturated heterocycles. The number of fused-ring (bicyclic) bond motifs is 2. The van der Waals surface area contributed by atoms with Crippen molar-refractivity contribution in [2.24, 2.45) is 0 Å². The third-order valence-electron chi connectivity index (χ3n) is 9.06. The lowest BCUT2D eigenvalue weighted by Gasteiger charge is -2.50. The van der Waals surface area contributed by atoms with Gasteiger partial charge in [-0.3, -0.25) is 0 Å². The highest BCUT2D eigenvalue weighted by Crippen LogP contribution is 2.47. The van der Waals surface area contributed by atoms with E-state index in [0.29, 0.717) is 0 Å². The molecule has 3 rings (SSSR count). The lowest BCUT2D eigenvalue weighted by molar-refractivity contribution is 0.504. The Morgan fingerprint density at radius 3 is 1.17 bits per heavy atom. The van der Waals surface area contributed by atoms with Crippen molar-refractivity contribution < 1.29 is 0 Å². The van der Waals surface area contributed by atoms with Gasteiger partial charge >= 0.3 is 0 Å². The molecule has 7 heteroatoms. The van der Waals surface area contributed by atoms with Gasteiger partial charge in [-0.05, 0) is 34.1 Å². The second kappa shape index (κ2) is 6.95. The van der Waals surface area contributed by atoms with Gasteiger partial charge < -0.3 is 0 Å². The zero-order chi connectivity index (χ0) is 23.1. The van der Waals surface area contributed by atoms with E-state index in [-0.39, 0.29) is 16.2 Å². The molecule has 2 aromatic rings. The minimum Gasteiger partial charge on any atom is -0.102 e. The molecule has 0 saturated carbocycles. The first-order chi connectivity index (χ1) is 13.5. The summed E-state index contributed by atoms with van der Waals surface area (Å²) < 4.78 is 0. The molecule has 0 atom stereocenters. The average molecular weight is 389 g/mol. The summed E-state index contributed by atoms with van der Waals surface area (Å²) in [6.45, 7) is 17.1. The smallest absolute Gasteiger partial charge is 0.102 e. The first-order valence-electron chi connectivity index (χ1n) is 11.8. The third-order valence-corrected chi connectivity index (χ3v) is 9.06. The van der Waals surface area contributed by atoms with Crippen LogP contribution < -0.4 is 38.2 Å². The van der Waals surface area contributed by atoms with Crippen molar-refractivity contribution in [3.05, 3.63) is 27.8 Å². The molecule has 0 radical (unpaired) electrons. The van der Waals surface area contributed by atoms with Crippen LogP contribution in [0, 0.1) is 0 Å². The largest absolute Gasteiger partial charge is 0.140 e. The maximum atomic E-state index is 2.48. The van der Waals surface area contributed by atoms with Crippen molar-refractivity contribution in [2.45, 2.75) is 71.1 Å². The van der Waals surface area contributed by atoms with Crippen LogP contribution in [0.25, 0.3) is 0 Å². The Hall–Kier alpha value is -1.11. The van der Waals surface area contributed by atoms with E-state index >= 15 is 0 Å². The van der Waals surface area contributed by atoms with Gasteiger partial charge in [-0.15, -0.1) is 10.9 Å². The molecule has 0 nitrogen and oxygen atoms in total. The van der Waals surface area contributed by atoms with Crippen LogP contribution in [-0.4, -0.2) is 54.9 Å². The molecule has 0 aromatic heterocycles. The van der Waals surface area contributed by atoms with Gasteiger partial charge in [0.2, 0.25) is 0 Å². The van der Waals surface area contributed by atoms with Crippen LogP contribution >= 0.6 is 0 Å². The van der Waals surface area contributed by atoms with E-state index in [2.05, 4.69) is 103 Å². The van der Waals surface area contributed by atoms with Crippen LogP contribution in [0.2, 0.25) is 0 Å². The van der Waals surface area contributed by atoms with Crippen LogP contribution in [0.5, 0.6) is 0 Å². The highest BCUT2D eigenvalue weighted by molar-refractivity contribution is 6.63. The van der Waals surface area contributed by atoms with Gasteiger partial charge in [0.15, 0.2) is 0 Å². The van der Waals surface area contributed by atoms with E-state index < -0.39 is 0 Å². The molecule has 30 heavy (non-hydrogen) atoms. The Balaban J connectivity index is 2.62. The van der Waals surface area contributed by atoms with E-state index in [0.717, 1.165) is 6.42 Å². The standard InChI is InChI=1S/C23H37B7/c1-8-21(2,3)13-14(24)9-10(15(25)18(13)28)23(6,7)12-11(22(9,4)5)16(26)19(29)20(30)17(12)27/h8,24-30H2,1-7H3. The molecule has 0 unspecified atom stereocenters. The van der Waals surface area contributed by atoms with Crippen molar-refractivity contribution in [1.82, 2.24) is 0 Å². The molecule has 0 spiro atoms. The zero-order valence-corrected chi connectivity index (χ0v) is 22.2. The monoisotopic (exact) mass is 390 g/mol. The van der Waals surface area contributed by atoms with Crippen LogP contribution in [0.1, 0.15) is 82.7 Å². The summed E-state index contributed by atoms with van der Waals surface area (Å²) in [6.07, 6.45) is 1.16. The van der Waals surface area contributed by atoms with Crippen molar-refractivity contribution in [1.29, 1.82) is 0 Å². The SMILES string of the molecule is Bc1c(B)c(B)c2c(c1B)C(C)(C)c1c(B)c(B)c(C(C)(C)CC)c(B)c1C2(C)C. The predicted molar refractivity (Wildman–Crippen MR) is 158 cm³/mol. The van der Waals surface area contributed by atoms with Crippen LogP contribution in [-0.2, 0) is 16.2 Å². The topological polar surface area (TPSA) is 0 Å². The Bertz CT molecular complexity index is 1080. The lowest BCUT2D eigenvalue weighted by Crippen LogP contribution is -2.60. The van der Waals surface area contributed by atoms with Gasteiger partial charge in [0.05, 0.1) is 0 Å². The van der Waals surface area contributed by atoms with Crippen LogP contribution in [0.15, 0.2) is 0 Å². The quantitative estimate of drug-likeness (QED) is 0.449. The fourth-order valence-electron chi connectivity index (χ4n) is 7.04. The molecule has 0 fully saturated rings. The summed E-state index contributed by atoms with van der Waals surface area (Å²) in [4.78, 5) is 0. The van der Waals surface area contributed by atoms with Gasteiger partial charge in [-0.25, -0.2) is 0 Å². The average Bonchev–Trinajstić information content (AvgIpc) is 2.63. The second-order valence-electron chi connectivity index (χ2n) is 11.7. The van der Waals surface area contributed by atoms with Gasteiger partial charge in [0.1, 0.15) is 54.9 Å². The number of hydrogen-bond acceptors (Lipinski definition) is 0. The highest BCUT2D eigenvalue weighted by atomic mass is 14.5. The van der Waals surface area contributed by atoms with E-state index in [1.165, 1.54) is 38.2 Å². The van der Waals surface area contributed by atoms with Gasteiger partial charge in [-0.1, -0.05) is 81.3 Å². The third kappa shape index (κ3) is 2.83. The molecular weight excluding hydrogens is 352 g/mol. The van der Waals surface area contributed by atoms with Crippen LogP contribution in [0.4, 0.5) is 0 Å². The molecular formula is C23H37B7. The summed E-state index contributed by atoms with van der Waals surface area (Å²) >= 11 is 0. The Kier molecular flexibility index (Phi) is 5.45. The fourth-order valence-corrected chi connectivity index (χ4v) is 7.04. The first-order valence-corrected chi connectivity index (χ1v) is 11.8. The summed E-state index contributed by atoms with van der Waals surface area (Å²) in [5.74, 6) is 0. The van der Waals surface area contributed by atoms with Crippen LogP contribution in [0.3, 0.4) is 0 Å². The predicted octanol–water partition coefficient (Wildman–Crippen LogP) is -5.85. The molecule has 2 aromatic carbocycles. The summed E-state index contributed by atoms with van der Waals surface area (Å²) in [5.41, 5.74) is 18.5. The Labute approximate surface area is 192 Å². The van der Waals surface area contributed by atoms with Gasteiger partial charge in [0, 0.05) is 10.8 Å². The molecule has 0 heterocycles. The fraction of sp³-hybridized carbons (Fsp3) is 0.478. The lowest BCUT2D eigenvalue weighted by atomic mass is 9.47. The van der Waals surface area contributed by atoms with Crippen molar-refractivity contribution in [3.63, 3.8) is 0 Å². The van der Waals surface area contributed by atoms with Crippen molar-refractivity contribution in [3.8, 4) is 0 Å². The van der Waals surface area contributed by atoms with E-state index in [4.69, 9.17) is 0 Å². The normalized spacial score (nSPS) is 16.8. The number of hydrogen-bond donors (Lipinski definition) is 0. The summed E-state index contributed by atoms with van der Waals surface area (Å²) in [7, 11) is 16.5. The summed E-state index contributed by atoms with van der Waals surface area (Å²) in [5, 5.41) is 0. The van der Waals surface area contributed by atoms with Crippen molar-refractivity contribution >= 4 is 93.2 Å². The maximum absolute atomic E-state index is 2.48. The minimum absolute atomic E-state index is 0.00197. The zero-order valence-electron chi connectivity index (χ0n) is 22.2. The molecule has 0 amide bonds. The second-order valence-corrected chi connectivity index (χ2v) is 11.7. The number of benzene rings is 2. The molecule has 0 aliphatic heterocycles. The maximum Gasteiger partial charge on any atom is 0.140 e. The van der Waals surface area contributed by atoms with E-state index in [9.17, 15) is 0 Å². The highest BCUT2D eigenvalue weighted by Gasteiger charge is 2.46. The molecule has 0 N–H and O–H groups in total. The van der Waals surface area contributed by atoms with Crippen molar-refractivity contribution in [2.75, 3.05) is 0 Å². The Morgan fingerprint density at radius 1 is 0.533 bits per heavy atom. The van der Waals surface area contributed by atoms with Gasteiger partial charge in [-0.2, -0.15) is 0 Å². The number of rotatable bonds is 2. The Morgan fingerprint density at radius 2 is 0.833 bits per heavy atom. The van der Waals surface area contributed by atoms with E-state index in [1.54, 1.807) is 27.8 Å². The molecule has 0 bridgehead atoms. The first kappa shape index (κ1) is 23.6. The molecule has 1 aliphatic rings. The molecule has 150 valence electrons. The van der Waals surface area contributed by atoms with E-state index in [1.807, 2.05) is 0 Å². The minimum atomic E-state index is -0.00535. The molecule has 1 aliphatic carbocycles. The summed E-state index contributed by atoms with van der Waals surface area (Å²) in [6, 6.07) is 0.